The van der Waals surface area contributed by atoms with Crippen LogP contribution in [-0.4, -0.2) is 34.8 Å². The van der Waals surface area contributed by atoms with Gasteiger partial charge in [0.1, 0.15) is 0 Å². The van der Waals surface area contributed by atoms with Crippen molar-refractivity contribution >= 4 is 17.3 Å². The van der Waals surface area contributed by atoms with E-state index in [0.717, 1.165) is 17.1 Å². The van der Waals surface area contributed by atoms with Gasteiger partial charge < -0.3 is 10.2 Å². The number of aromatic nitrogens is 3. The Morgan fingerprint density at radius 2 is 2.04 bits per heavy atom. The van der Waals surface area contributed by atoms with Crippen LogP contribution in [0.5, 0.6) is 0 Å². The molecule has 1 saturated carbocycles. The lowest BCUT2D eigenvalue weighted by Gasteiger charge is -2.16. The molecule has 122 valence electrons. The summed E-state index contributed by atoms with van der Waals surface area (Å²) in [5.41, 5.74) is 3.19. The van der Waals surface area contributed by atoms with Crippen molar-refractivity contribution in [1.82, 2.24) is 14.8 Å². The van der Waals surface area contributed by atoms with E-state index in [2.05, 4.69) is 20.1 Å². The van der Waals surface area contributed by atoms with Crippen LogP contribution in [0.1, 0.15) is 47.8 Å². The van der Waals surface area contributed by atoms with Crippen molar-refractivity contribution in [3.8, 4) is 0 Å². The molecule has 3 rings (SSSR count). The van der Waals surface area contributed by atoms with Gasteiger partial charge in [-0.05, 0) is 25.8 Å². The Balaban J connectivity index is 1.81. The second-order valence-corrected chi connectivity index (χ2v) is 6.27. The van der Waals surface area contributed by atoms with Crippen molar-refractivity contribution in [3.63, 3.8) is 0 Å². The summed E-state index contributed by atoms with van der Waals surface area (Å²) in [7, 11) is 3.82. The molecule has 0 saturated heterocycles. The van der Waals surface area contributed by atoms with Crippen LogP contribution in [0, 0.1) is 6.92 Å². The van der Waals surface area contributed by atoms with Crippen molar-refractivity contribution in [2.24, 2.45) is 0 Å². The molecular weight excluding hydrogens is 290 g/mol. The number of carbonyl (C=O) groups excluding carboxylic acids is 1. The second kappa shape index (κ2) is 6.40. The van der Waals surface area contributed by atoms with E-state index in [-0.39, 0.29) is 5.91 Å². The molecule has 0 unspecified atom stereocenters. The first-order valence-electron chi connectivity index (χ1n) is 8.04. The fraction of sp³-hybridized carbons (Fsp3) is 0.471. The van der Waals surface area contributed by atoms with Gasteiger partial charge in [-0.1, -0.05) is 12.8 Å². The number of carbonyl (C=O) groups is 1. The predicted molar refractivity (Wildman–Crippen MR) is 91.0 cm³/mol. The van der Waals surface area contributed by atoms with E-state index in [9.17, 15) is 4.79 Å². The van der Waals surface area contributed by atoms with Crippen LogP contribution in [0.15, 0.2) is 24.7 Å². The molecule has 1 N–H and O–H groups in total. The molecule has 2 aromatic rings. The van der Waals surface area contributed by atoms with E-state index < -0.39 is 0 Å². The summed E-state index contributed by atoms with van der Waals surface area (Å²) in [6, 6.07) is 2.31. The van der Waals surface area contributed by atoms with E-state index in [1.807, 2.05) is 32.0 Å². The molecule has 2 aromatic heterocycles. The van der Waals surface area contributed by atoms with E-state index >= 15 is 0 Å². The van der Waals surface area contributed by atoms with Gasteiger partial charge in [0.2, 0.25) is 0 Å². The van der Waals surface area contributed by atoms with Gasteiger partial charge in [-0.15, -0.1) is 0 Å². The molecule has 1 amide bonds. The average Bonchev–Trinajstić information content (AvgIpc) is 3.18. The molecular formula is C17H23N5O. The van der Waals surface area contributed by atoms with Gasteiger partial charge >= 0.3 is 0 Å². The number of rotatable bonds is 4. The minimum atomic E-state index is -0.157. The fourth-order valence-corrected chi connectivity index (χ4v) is 3.20. The van der Waals surface area contributed by atoms with Crippen molar-refractivity contribution in [3.05, 3.63) is 35.9 Å². The molecule has 0 aliphatic heterocycles. The molecule has 1 aliphatic rings. The van der Waals surface area contributed by atoms with Crippen LogP contribution < -0.4 is 10.2 Å². The molecule has 23 heavy (non-hydrogen) atoms. The summed E-state index contributed by atoms with van der Waals surface area (Å²) in [6.07, 6.45) is 9.89. The number of hydrogen-bond acceptors (Lipinski definition) is 4. The molecule has 1 fully saturated rings. The summed E-state index contributed by atoms with van der Waals surface area (Å²) in [5.74, 6) is -0.157. The maximum absolute atomic E-state index is 12.6. The number of pyridine rings is 1. The highest BCUT2D eigenvalue weighted by Gasteiger charge is 2.21. The molecule has 0 spiro atoms. The molecule has 6 heteroatoms. The average molecular weight is 313 g/mol. The predicted octanol–water partition coefficient (Wildman–Crippen LogP) is 3.02. The number of nitrogens with one attached hydrogen (secondary N) is 1. The lowest BCUT2D eigenvalue weighted by atomic mass is 10.2. The van der Waals surface area contributed by atoms with Gasteiger partial charge in [0.15, 0.2) is 0 Å². The third-order valence-corrected chi connectivity index (χ3v) is 4.49. The van der Waals surface area contributed by atoms with Crippen molar-refractivity contribution in [2.45, 2.75) is 38.6 Å². The van der Waals surface area contributed by atoms with Crippen molar-refractivity contribution < 1.29 is 4.79 Å². The van der Waals surface area contributed by atoms with Gasteiger partial charge in [0.05, 0.1) is 34.9 Å². The highest BCUT2D eigenvalue weighted by Crippen LogP contribution is 2.31. The molecule has 0 bridgehead atoms. The first kappa shape index (κ1) is 15.5. The Hall–Kier alpha value is -2.37. The van der Waals surface area contributed by atoms with Gasteiger partial charge in [0.25, 0.3) is 5.91 Å². The van der Waals surface area contributed by atoms with Crippen LogP contribution in [0.4, 0.5) is 11.4 Å². The van der Waals surface area contributed by atoms with Gasteiger partial charge in [-0.25, -0.2) is 0 Å². The summed E-state index contributed by atoms with van der Waals surface area (Å²) in [4.78, 5) is 18.6. The van der Waals surface area contributed by atoms with Crippen LogP contribution in [0.25, 0.3) is 0 Å². The smallest absolute Gasteiger partial charge is 0.259 e. The number of anilines is 2. The lowest BCUT2D eigenvalue weighted by Crippen LogP contribution is -2.19. The monoisotopic (exact) mass is 313 g/mol. The third kappa shape index (κ3) is 3.06. The highest BCUT2D eigenvalue weighted by molar-refractivity contribution is 6.08. The van der Waals surface area contributed by atoms with Gasteiger partial charge in [0, 0.05) is 26.5 Å². The number of hydrogen-bond donors (Lipinski definition) is 1. The molecule has 0 radical (unpaired) electrons. The molecule has 0 aromatic carbocycles. The largest absolute Gasteiger partial charge is 0.377 e. The van der Waals surface area contributed by atoms with E-state index in [0.29, 0.717) is 11.6 Å². The third-order valence-electron chi connectivity index (χ3n) is 4.49. The zero-order valence-electron chi connectivity index (χ0n) is 13.9. The summed E-state index contributed by atoms with van der Waals surface area (Å²) < 4.78 is 2.05. The van der Waals surface area contributed by atoms with Crippen molar-refractivity contribution in [2.75, 3.05) is 24.3 Å². The zero-order chi connectivity index (χ0) is 16.4. The first-order chi connectivity index (χ1) is 11.1. The van der Waals surface area contributed by atoms with Crippen molar-refractivity contribution in [1.29, 1.82) is 0 Å². The van der Waals surface area contributed by atoms with E-state index in [1.54, 1.807) is 18.6 Å². The van der Waals surface area contributed by atoms with Crippen LogP contribution in [-0.2, 0) is 0 Å². The minimum Gasteiger partial charge on any atom is -0.377 e. The zero-order valence-corrected chi connectivity index (χ0v) is 13.9. The van der Waals surface area contributed by atoms with Crippen LogP contribution in [0.2, 0.25) is 0 Å². The first-order valence-corrected chi connectivity index (χ1v) is 8.04. The summed E-state index contributed by atoms with van der Waals surface area (Å²) >= 11 is 0. The van der Waals surface area contributed by atoms with E-state index in [1.165, 1.54) is 25.7 Å². The topological polar surface area (TPSA) is 63.1 Å². The Morgan fingerprint density at radius 3 is 2.74 bits per heavy atom. The summed E-state index contributed by atoms with van der Waals surface area (Å²) in [5, 5.41) is 7.45. The quantitative estimate of drug-likeness (QED) is 0.942. The van der Waals surface area contributed by atoms with Crippen LogP contribution in [0.3, 0.4) is 0 Å². The molecule has 0 atom stereocenters. The minimum absolute atomic E-state index is 0.157. The molecule has 1 aliphatic carbocycles. The maximum Gasteiger partial charge on any atom is 0.259 e. The second-order valence-electron chi connectivity index (χ2n) is 6.27. The SMILES string of the molecule is Cc1c(NC(=O)c2cnccc2N(C)C)cnn1C1CCCC1. The maximum atomic E-state index is 12.6. The Labute approximate surface area is 136 Å². The van der Waals surface area contributed by atoms with Gasteiger partial charge in [-0.2, -0.15) is 5.10 Å². The Kier molecular flexibility index (Phi) is 4.32. The number of amides is 1. The van der Waals surface area contributed by atoms with E-state index in [4.69, 9.17) is 0 Å². The number of nitrogens with zero attached hydrogens (tertiary/aromatic N) is 4. The lowest BCUT2D eigenvalue weighted by molar-refractivity contribution is 0.102. The Bertz CT molecular complexity index is 701. The van der Waals surface area contributed by atoms with Crippen LogP contribution >= 0.6 is 0 Å². The molecule has 2 heterocycles. The fourth-order valence-electron chi connectivity index (χ4n) is 3.20. The highest BCUT2D eigenvalue weighted by atomic mass is 16.1. The Morgan fingerprint density at radius 1 is 1.30 bits per heavy atom. The standard InChI is InChI=1S/C17H23N5O/c1-12-15(11-19-22(12)13-6-4-5-7-13)20-17(23)14-10-18-9-8-16(14)21(2)3/h8-11,13H,4-7H2,1-3H3,(H,20,23). The normalized spacial score (nSPS) is 14.9. The molecule has 6 nitrogen and oxygen atoms in total. The van der Waals surface area contributed by atoms with Gasteiger partial charge in [-0.3, -0.25) is 14.5 Å². The summed E-state index contributed by atoms with van der Waals surface area (Å²) in [6.45, 7) is 2.01.